The summed E-state index contributed by atoms with van der Waals surface area (Å²) in [4.78, 5) is 11.4. The number of para-hydroxylation sites is 1. The molecule has 1 aromatic carbocycles. The zero-order valence-electron chi connectivity index (χ0n) is 9.54. The maximum absolute atomic E-state index is 11.9. The maximum Gasteiger partial charge on any atom is 0.278 e. The van der Waals surface area contributed by atoms with E-state index in [9.17, 15) is 13.2 Å². The van der Waals surface area contributed by atoms with Gasteiger partial charge in [0.15, 0.2) is 10.8 Å². The van der Waals surface area contributed by atoms with Gasteiger partial charge >= 0.3 is 0 Å². The second kappa shape index (κ2) is 4.61. The molecule has 0 aliphatic rings. The van der Waals surface area contributed by atoms with Crippen LogP contribution in [0.5, 0.6) is 0 Å². The van der Waals surface area contributed by atoms with Gasteiger partial charge < -0.3 is 0 Å². The number of nitrogens with one attached hydrogen (secondary N) is 2. The highest BCUT2D eigenvalue weighted by Gasteiger charge is 2.17. The molecule has 0 saturated carbocycles. The molecule has 6 nitrogen and oxygen atoms in total. The second-order valence-corrected chi connectivity index (χ2v) is 5.28. The fraction of sp³-hybridized carbons (Fsp3) is 0.0909. The summed E-state index contributed by atoms with van der Waals surface area (Å²) in [5, 5.41) is 5.88. The summed E-state index contributed by atoms with van der Waals surface area (Å²) in [7, 11) is -3.75. The molecule has 0 aliphatic carbocycles. The molecule has 2 N–H and O–H groups in total. The van der Waals surface area contributed by atoms with Crippen molar-refractivity contribution < 1.29 is 13.2 Å². The van der Waals surface area contributed by atoms with Crippen molar-refractivity contribution in [3.8, 4) is 0 Å². The highest BCUT2D eigenvalue weighted by atomic mass is 32.2. The van der Waals surface area contributed by atoms with Crippen LogP contribution in [0, 0.1) is 0 Å². The normalized spacial score (nSPS) is 11.2. The summed E-state index contributed by atoms with van der Waals surface area (Å²) < 4.78 is 26.2. The Hall–Kier alpha value is -2.15. The van der Waals surface area contributed by atoms with Gasteiger partial charge in [-0.05, 0) is 25.1 Å². The first-order valence-electron chi connectivity index (χ1n) is 5.13. The standard InChI is InChI=1S/C11H11N3O3S/c1-8(15)9-4-2-3-5-10(9)14-18(16,17)11-6-7-12-13-11/h2-7,14H,1H3,(H,12,13). The summed E-state index contributed by atoms with van der Waals surface area (Å²) in [5.74, 6) is -0.210. The molecule has 0 radical (unpaired) electrons. The quantitative estimate of drug-likeness (QED) is 0.817. The molecule has 0 saturated heterocycles. The van der Waals surface area contributed by atoms with Crippen LogP contribution >= 0.6 is 0 Å². The predicted molar refractivity (Wildman–Crippen MR) is 65.8 cm³/mol. The van der Waals surface area contributed by atoms with Gasteiger partial charge in [-0.2, -0.15) is 13.5 Å². The number of benzene rings is 1. The Bertz CT molecular complexity index is 663. The van der Waals surface area contributed by atoms with Crippen LogP contribution in [-0.4, -0.2) is 24.4 Å². The van der Waals surface area contributed by atoms with Gasteiger partial charge in [0, 0.05) is 5.56 Å². The molecule has 94 valence electrons. The monoisotopic (exact) mass is 265 g/mol. The van der Waals surface area contributed by atoms with Crippen molar-refractivity contribution >= 4 is 21.5 Å². The van der Waals surface area contributed by atoms with Crippen molar-refractivity contribution in [2.45, 2.75) is 11.9 Å². The Morgan fingerprint density at radius 2 is 2.00 bits per heavy atom. The Kier molecular flexibility index (Phi) is 3.15. The minimum absolute atomic E-state index is 0.0548. The van der Waals surface area contributed by atoms with Crippen molar-refractivity contribution in [3.05, 3.63) is 42.1 Å². The molecule has 1 aromatic heterocycles. The van der Waals surface area contributed by atoms with E-state index in [0.29, 0.717) is 5.56 Å². The molecule has 0 aliphatic heterocycles. The topological polar surface area (TPSA) is 91.9 Å². The van der Waals surface area contributed by atoms with E-state index in [1.54, 1.807) is 18.2 Å². The summed E-state index contributed by atoms with van der Waals surface area (Å²) in [5.41, 5.74) is 0.570. The lowest BCUT2D eigenvalue weighted by Crippen LogP contribution is -2.15. The summed E-state index contributed by atoms with van der Waals surface area (Å²) in [6.45, 7) is 1.38. The Morgan fingerprint density at radius 1 is 1.28 bits per heavy atom. The Balaban J connectivity index is 2.39. The smallest absolute Gasteiger partial charge is 0.278 e. The van der Waals surface area contributed by atoms with Crippen LogP contribution in [0.3, 0.4) is 0 Å². The first-order chi connectivity index (χ1) is 8.50. The molecule has 0 unspecified atom stereocenters. The van der Waals surface area contributed by atoms with Crippen LogP contribution in [0.15, 0.2) is 41.6 Å². The number of nitrogens with zero attached hydrogens (tertiary/aromatic N) is 1. The fourth-order valence-electron chi connectivity index (χ4n) is 1.47. The third kappa shape index (κ3) is 2.40. The molecule has 7 heteroatoms. The molecular formula is C11H11N3O3S. The molecule has 1 heterocycles. The minimum atomic E-state index is -3.75. The van der Waals surface area contributed by atoms with E-state index in [1.807, 2.05) is 0 Å². The van der Waals surface area contributed by atoms with E-state index in [-0.39, 0.29) is 16.5 Å². The van der Waals surface area contributed by atoms with Gasteiger partial charge in [0.1, 0.15) is 0 Å². The van der Waals surface area contributed by atoms with Gasteiger partial charge in [-0.1, -0.05) is 12.1 Å². The lowest BCUT2D eigenvalue weighted by molar-refractivity contribution is 0.101. The van der Waals surface area contributed by atoms with Crippen LogP contribution in [0.1, 0.15) is 17.3 Å². The number of ketones is 1. The zero-order chi connectivity index (χ0) is 13.2. The van der Waals surface area contributed by atoms with Crippen molar-refractivity contribution in [3.63, 3.8) is 0 Å². The number of Topliss-reactive ketones (excluding diaryl/α,β-unsaturated/α-hetero) is 1. The number of carbonyl (C=O) groups excluding carboxylic acids is 1. The van der Waals surface area contributed by atoms with E-state index < -0.39 is 10.0 Å². The average molecular weight is 265 g/mol. The molecule has 0 spiro atoms. The molecular weight excluding hydrogens is 254 g/mol. The minimum Gasteiger partial charge on any atom is -0.294 e. The number of aromatic nitrogens is 2. The van der Waals surface area contributed by atoms with Gasteiger partial charge in [0.25, 0.3) is 10.0 Å². The first-order valence-corrected chi connectivity index (χ1v) is 6.61. The predicted octanol–water partition coefficient (Wildman–Crippen LogP) is 1.41. The fourth-order valence-corrected chi connectivity index (χ4v) is 2.46. The van der Waals surface area contributed by atoms with Gasteiger partial charge in [0.05, 0.1) is 11.9 Å². The van der Waals surface area contributed by atoms with Crippen molar-refractivity contribution in [1.29, 1.82) is 0 Å². The highest BCUT2D eigenvalue weighted by Crippen LogP contribution is 2.19. The Morgan fingerprint density at radius 3 is 2.61 bits per heavy atom. The zero-order valence-corrected chi connectivity index (χ0v) is 10.4. The summed E-state index contributed by atoms with van der Waals surface area (Å²) >= 11 is 0. The van der Waals surface area contributed by atoms with Gasteiger partial charge in [-0.15, -0.1) is 0 Å². The first kappa shape index (κ1) is 12.3. The van der Waals surface area contributed by atoms with E-state index in [1.165, 1.54) is 25.3 Å². The van der Waals surface area contributed by atoms with Crippen LogP contribution in [0.2, 0.25) is 0 Å². The number of rotatable bonds is 4. The number of sulfonamides is 1. The molecule has 0 atom stereocenters. The second-order valence-electron chi connectivity index (χ2n) is 3.63. The maximum atomic E-state index is 11.9. The SMILES string of the molecule is CC(=O)c1ccccc1NS(=O)(=O)c1ccn[nH]1. The van der Waals surface area contributed by atoms with Crippen LogP contribution < -0.4 is 4.72 Å². The van der Waals surface area contributed by atoms with Crippen molar-refractivity contribution in [2.24, 2.45) is 0 Å². The van der Waals surface area contributed by atoms with E-state index in [0.717, 1.165) is 0 Å². The van der Waals surface area contributed by atoms with E-state index in [4.69, 9.17) is 0 Å². The number of hydrogen-bond acceptors (Lipinski definition) is 4. The number of hydrogen-bond donors (Lipinski definition) is 2. The lowest BCUT2D eigenvalue weighted by atomic mass is 10.1. The summed E-state index contributed by atoms with van der Waals surface area (Å²) in [6.07, 6.45) is 1.34. The van der Waals surface area contributed by atoms with Gasteiger partial charge in [-0.25, -0.2) is 0 Å². The summed E-state index contributed by atoms with van der Waals surface area (Å²) in [6, 6.07) is 7.75. The van der Waals surface area contributed by atoms with Crippen molar-refractivity contribution in [2.75, 3.05) is 4.72 Å². The van der Waals surface area contributed by atoms with E-state index in [2.05, 4.69) is 14.9 Å². The van der Waals surface area contributed by atoms with Gasteiger partial charge in [0.2, 0.25) is 0 Å². The molecule has 2 rings (SSSR count). The molecule has 0 amide bonds. The van der Waals surface area contributed by atoms with E-state index >= 15 is 0 Å². The number of H-pyrrole nitrogens is 1. The number of carbonyl (C=O) groups is 1. The molecule has 0 fully saturated rings. The lowest BCUT2D eigenvalue weighted by Gasteiger charge is -2.09. The molecule has 0 bridgehead atoms. The largest absolute Gasteiger partial charge is 0.294 e. The average Bonchev–Trinajstić information content (AvgIpc) is 2.83. The third-order valence-electron chi connectivity index (χ3n) is 2.32. The van der Waals surface area contributed by atoms with Crippen LogP contribution in [0.25, 0.3) is 0 Å². The van der Waals surface area contributed by atoms with Gasteiger partial charge in [-0.3, -0.25) is 14.6 Å². The third-order valence-corrected chi connectivity index (χ3v) is 3.61. The Labute approximate surface area is 104 Å². The highest BCUT2D eigenvalue weighted by molar-refractivity contribution is 7.92. The molecule has 2 aromatic rings. The molecule has 18 heavy (non-hydrogen) atoms. The number of anilines is 1. The number of aromatic amines is 1. The van der Waals surface area contributed by atoms with Crippen molar-refractivity contribution in [1.82, 2.24) is 10.2 Å². The van der Waals surface area contributed by atoms with Crippen LogP contribution in [-0.2, 0) is 10.0 Å². The van der Waals surface area contributed by atoms with Crippen LogP contribution in [0.4, 0.5) is 5.69 Å².